The zero-order valence-corrected chi connectivity index (χ0v) is 9.06. The number of hydrogen-bond donors (Lipinski definition) is 0. The molecule has 86 valence electrons. The van der Waals surface area contributed by atoms with Crippen molar-refractivity contribution in [3.8, 4) is 0 Å². The Balaban J connectivity index is 2.83. The molecule has 0 N–H and O–H groups in total. The number of fused-ring (bicyclic) bond motifs is 1. The molecule has 0 aliphatic carbocycles. The fraction of sp³-hybridized carbons (Fsp3) is 0.375. The maximum absolute atomic E-state index is 12.6. The Morgan fingerprint density at radius 1 is 1.19 bits per heavy atom. The van der Waals surface area contributed by atoms with Crippen molar-refractivity contribution in [3.63, 3.8) is 0 Å². The molecule has 4 nitrogen and oxygen atoms in total. The molecular formula is C8H6ClF3N4. The van der Waals surface area contributed by atoms with Crippen molar-refractivity contribution in [2.24, 2.45) is 0 Å². The molecule has 16 heavy (non-hydrogen) atoms. The molecule has 0 radical (unpaired) electrons. The minimum Gasteiger partial charge on any atom is -0.206 e. The molecule has 2 rings (SSSR count). The Morgan fingerprint density at radius 3 is 2.38 bits per heavy atom. The van der Waals surface area contributed by atoms with Crippen molar-refractivity contribution in [3.05, 3.63) is 22.2 Å². The maximum atomic E-state index is 12.6. The van der Waals surface area contributed by atoms with Crippen LogP contribution in [0.3, 0.4) is 0 Å². The Morgan fingerprint density at radius 2 is 1.81 bits per heavy atom. The molecule has 0 spiro atoms. The molecule has 8 heteroatoms. The SMILES string of the molecule is Cc1nc2nc(C(F)(F)F)c(C)c(Cl)n2n1. The average molecular weight is 251 g/mol. The molecule has 0 saturated heterocycles. The standard InChI is InChI=1S/C8H6ClF3N4/c1-3-5(8(10,11)12)14-7-13-4(2)15-16(7)6(3)9/h1-2H3. The lowest BCUT2D eigenvalue weighted by molar-refractivity contribution is -0.141. The summed E-state index contributed by atoms with van der Waals surface area (Å²) in [7, 11) is 0. The van der Waals surface area contributed by atoms with E-state index >= 15 is 0 Å². The Hall–Kier alpha value is -1.37. The maximum Gasteiger partial charge on any atom is 0.433 e. The van der Waals surface area contributed by atoms with Crippen molar-refractivity contribution < 1.29 is 13.2 Å². The van der Waals surface area contributed by atoms with Gasteiger partial charge in [0.25, 0.3) is 5.78 Å². The monoisotopic (exact) mass is 250 g/mol. The second kappa shape index (κ2) is 3.31. The van der Waals surface area contributed by atoms with Crippen LogP contribution in [0.25, 0.3) is 5.78 Å². The highest BCUT2D eigenvalue weighted by atomic mass is 35.5. The Kier molecular flexibility index (Phi) is 2.30. The predicted octanol–water partition coefficient (Wildman–Crippen LogP) is 2.41. The quantitative estimate of drug-likeness (QED) is 0.675. The van der Waals surface area contributed by atoms with Crippen LogP contribution in [0, 0.1) is 13.8 Å². The molecule has 0 atom stereocenters. The molecule has 0 aliphatic rings. The van der Waals surface area contributed by atoms with Crippen molar-refractivity contribution in [2.75, 3.05) is 0 Å². The van der Waals surface area contributed by atoms with Gasteiger partial charge in [-0.15, -0.1) is 5.10 Å². The number of nitrogens with zero attached hydrogens (tertiary/aromatic N) is 4. The highest BCUT2D eigenvalue weighted by Crippen LogP contribution is 2.33. The highest BCUT2D eigenvalue weighted by molar-refractivity contribution is 6.30. The van der Waals surface area contributed by atoms with Gasteiger partial charge in [-0.05, 0) is 13.8 Å². The van der Waals surface area contributed by atoms with E-state index in [0.717, 1.165) is 4.52 Å². The second-order valence-corrected chi connectivity index (χ2v) is 3.60. The van der Waals surface area contributed by atoms with Gasteiger partial charge in [-0.1, -0.05) is 11.6 Å². The van der Waals surface area contributed by atoms with Gasteiger partial charge in [-0.25, -0.2) is 4.98 Å². The molecular weight excluding hydrogens is 245 g/mol. The van der Waals surface area contributed by atoms with E-state index in [0.29, 0.717) is 5.82 Å². The minimum atomic E-state index is -4.55. The lowest BCUT2D eigenvalue weighted by Gasteiger charge is -2.10. The van der Waals surface area contributed by atoms with Crippen LogP contribution in [0.4, 0.5) is 13.2 Å². The largest absolute Gasteiger partial charge is 0.433 e. The van der Waals surface area contributed by atoms with Crippen LogP contribution in [0.1, 0.15) is 17.1 Å². The third-order valence-electron chi connectivity index (χ3n) is 2.03. The number of rotatable bonds is 0. The van der Waals surface area contributed by atoms with Crippen molar-refractivity contribution in [1.29, 1.82) is 0 Å². The normalized spacial score (nSPS) is 12.4. The molecule has 0 aromatic carbocycles. The summed E-state index contributed by atoms with van der Waals surface area (Å²) in [6.45, 7) is 2.79. The predicted molar refractivity (Wildman–Crippen MR) is 50.3 cm³/mol. The van der Waals surface area contributed by atoms with E-state index in [4.69, 9.17) is 11.6 Å². The first kappa shape index (κ1) is 11.1. The molecule has 0 unspecified atom stereocenters. The smallest absolute Gasteiger partial charge is 0.206 e. The molecule has 0 saturated carbocycles. The third-order valence-corrected chi connectivity index (χ3v) is 2.47. The van der Waals surface area contributed by atoms with Crippen LogP contribution in [0.2, 0.25) is 5.15 Å². The van der Waals surface area contributed by atoms with Gasteiger partial charge < -0.3 is 0 Å². The van der Waals surface area contributed by atoms with Crippen LogP contribution in [0.5, 0.6) is 0 Å². The van der Waals surface area contributed by atoms with Crippen LogP contribution in [-0.2, 0) is 6.18 Å². The van der Waals surface area contributed by atoms with E-state index in [-0.39, 0.29) is 16.5 Å². The molecule has 0 bridgehead atoms. The Labute approximate surface area is 93.1 Å². The summed E-state index contributed by atoms with van der Waals surface area (Å²) in [6.07, 6.45) is -4.55. The Bertz CT molecular complexity index is 560. The summed E-state index contributed by atoms with van der Waals surface area (Å²) in [6, 6.07) is 0. The zero-order chi connectivity index (χ0) is 12.1. The zero-order valence-electron chi connectivity index (χ0n) is 8.30. The van der Waals surface area contributed by atoms with Gasteiger partial charge >= 0.3 is 6.18 Å². The lowest BCUT2D eigenvalue weighted by atomic mass is 10.2. The number of hydrogen-bond acceptors (Lipinski definition) is 3. The van der Waals surface area contributed by atoms with Gasteiger partial charge in [0, 0.05) is 5.56 Å². The first-order chi connectivity index (χ1) is 7.30. The number of aryl methyl sites for hydroxylation is 1. The molecule has 0 aliphatic heterocycles. The van der Waals surface area contributed by atoms with Gasteiger partial charge in [0.1, 0.15) is 11.0 Å². The van der Waals surface area contributed by atoms with Crippen LogP contribution >= 0.6 is 11.6 Å². The molecule has 0 fully saturated rings. The topological polar surface area (TPSA) is 43.1 Å². The summed E-state index contributed by atoms with van der Waals surface area (Å²) in [5.74, 6) is 0.161. The molecule has 2 heterocycles. The van der Waals surface area contributed by atoms with Crippen molar-refractivity contribution in [1.82, 2.24) is 19.6 Å². The van der Waals surface area contributed by atoms with Gasteiger partial charge in [0.2, 0.25) is 0 Å². The van der Waals surface area contributed by atoms with Gasteiger partial charge in [0.15, 0.2) is 5.69 Å². The van der Waals surface area contributed by atoms with Gasteiger partial charge in [-0.3, -0.25) is 0 Å². The third kappa shape index (κ3) is 1.60. The van der Waals surface area contributed by atoms with E-state index < -0.39 is 11.9 Å². The van der Waals surface area contributed by atoms with E-state index in [1.807, 2.05) is 0 Å². The van der Waals surface area contributed by atoms with E-state index in [2.05, 4.69) is 15.1 Å². The average Bonchev–Trinajstić information content (AvgIpc) is 2.51. The van der Waals surface area contributed by atoms with Gasteiger partial charge in [-0.2, -0.15) is 22.7 Å². The molecule has 2 aromatic heterocycles. The first-order valence-corrected chi connectivity index (χ1v) is 4.65. The van der Waals surface area contributed by atoms with Crippen LogP contribution < -0.4 is 0 Å². The van der Waals surface area contributed by atoms with E-state index in [1.165, 1.54) is 6.92 Å². The van der Waals surface area contributed by atoms with Crippen LogP contribution in [0.15, 0.2) is 0 Å². The van der Waals surface area contributed by atoms with Crippen molar-refractivity contribution in [2.45, 2.75) is 20.0 Å². The summed E-state index contributed by atoms with van der Waals surface area (Å²) in [5.41, 5.74) is -1.19. The van der Waals surface area contributed by atoms with Crippen molar-refractivity contribution >= 4 is 17.4 Å². The summed E-state index contributed by atoms with van der Waals surface area (Å²) >= 11 is 5.77. The number of aromatic nitrogens is 4. The van der Waals surface area contributed by atoms with E-state index in [1.54, 1.807) is 6.92 Å². The summed E-state index contributed by atoms with van der Waals surface area (Å²) < 4.78 is 38.8. The fourth-order valence-electron chi connectivity index (χ4n) is 1.32. The number of alkyl halides is 3. The fourth-order valence-corrected chi connectivity index (χ4v) is 1.53. The lowest BCUT2D eigenvalue weighted by Crippen LogP contribution is -2.13. The van der Waals surface area contributed by atoms with Crippen LogP contribution in [-0.4, -0.2) is 19.6 Å². The molecule has 0 amide bonds. The summed E-state index contributed by atoms with van der Waals surface area (Å²) in [5, 5.41) is 3.71. The summed E-state index contributed by atoms with van der Waals surface area (Å²) in [4.78, 5) is 7.15. The number of halogens is 4. The highest BCUT2D eigenvalue weighted by Gasteiger charge is 2.36. The molecule has 2 aromatic rings. The first-order valence-electron chi connectivity index (χ1n) is 4.27. The minimum absolute atomic E-state index is 0.127. The van der Waals surface area contributed by atoms with Gasteiger partial charge in [0.05, 0.1) is 0 Å². The second-order valence-electron chi connectivity index (χ2n) is 3.24. The van der Waals surface area contributed by atoms with E-state index in [9.17, 15) is 13.2 Å².